The zero-order chi connectivity index (χ0) is 18.5. The first-order valence-electron chi connectivity index (χ1n) is 7.96. The lowest BCUT2D eigenvalue weighted by Gasteiger charge is -2.30. The van der Waals surface area contributed by atoms with Crippen molar-refractivity contribution in [3.05, 3.63) is 47.5 Å². The van der Waals surface area contributed by atoms with Gasteiger partial charge in [-0.2, -0.15) is 13.2 Å². The number of hydrogen-bond acceptors (Lipinski definition) is 4. The van der Waals surface area contributed by atoms with E-state index in [1.165, 1.54) is 11.3 Å². The summed E-state index contributed by atoms with van der Waals surface area (Å²) in [5, 5.41) is 0.783. The molecule has 8 heteroatoms. The molecule has 1 aliphatic heterocycles. The predicted molar refractivity (Wildman–Crippen MR) is 94.6 cm³/mol. The summed E-state index contributed by atoms with van der Waals surface area (Å²) in [4.78, 5) is 17.0. The predicted octanol–water partition coefficient (Wildman–Crippen LogP) is 3.99. The first kappa shape index (κ1) is 16.8. The number of carbonyl (C=O) groups excluding carboxylic acids is 1. The number of anilines is 1. The Labute approximate surface area is 151 Å². The highest BCUT2D eigenvalue weighted by atomic mass is 32.1. The van der Waals surface area contributed by atoms with Gasteiger partial charge in [0.05, 0.1) is 10.2 Å². The van der Waals surface area contributed by atoms with Gasteiger partial charge in [0, 0.05) is 24.3 Å². The number of aromatic nitrogens is 1. The zero-order valence-electron chi connectivity index (χ0n) is 13.5. The van der Waals surface area contributed by atoms with E-state index in [2.05, 4.69) is 4.98 Å². The Bertz CT molecular complexity index is 980. The summed E-state index contributed by atoms with van der Waals surface area (Å²) in [6, 6.07) is 11.2. The Hall–Kier alpha value is -2.61. The van der Waals surface area contributed by atoms with Crippen LogP contribution in [0.25, 0.3) is 20.8 Å². The van der Waals surface area contributed by atoms with Gasteiger partial charge in [0.25, 0.3) is 0 Å². The average Bonchev–Trinajstić information content (AvgIpc) is 3.03. The number of rotatable bonds is 1. The Kier molecular flexibility index (Phi) is 3.87. The van der Waals surface area contributed by atoms with Crippen molar-refractivity contribution in [3.8, 4) is 10.6 Å². The highest BCUT2D eigenvalue weighted by Crippen LogP contribution is 2.37. The van der Waals surface area contributed by atoms with Crippen LogP contribution < -0.4 is 5.73 Å². The van der Waals surface area contributed by atoms with E-state index in [1.807, 2.05) is 24.3 Å². The monoisotopic (exact) mass is 377 g/mol. The molecule has 2 aromatic carbocycles. The fourth-order valence-corrected chi connectivity index (χ4v) is 4.26. The molecule has 2 heterocycles. The Morgan fingerprint density at radius 1 is 1.23 bits per heavy atom. The number of carbonyl (C=O) groups is 1. The summed E-state index contributed by atoms with van der Waals surface area (Å²) >= 11 is 1.52. The second kappa shape index (κ2) is 5.98. The van der Waals surface area contributed by atoms with Crippen LogP contribution >= 0.6 is 11.3 Å². The van der Waals surface area contributed by atoms with E-state index < -0.39 is 12.1 Å². The molecule has 0 saturated carbocycles. The number of nitrogens with zero attached hydrogens (tertiary/aromatic N) is 2. The topological polar surface area (TPSA) is 59.2 Å². The molecule has 134 valence electrons. The molecule has 0 unspecified atom stereocenters. The molecule has 0 atom stereocenters. The van der Waals surface area contributed by atoms with E-state index in [0.717, 1.165) is 31.3 Å². The summed E-state index contributed by atoms with van der Waals surface area (Å²) in [5.74, 6) is -1.81. The average molecular weight is 377 g/mol. The van der Waals surface area contributed by atoms with Crippen LogP contribution in [0.3, 0.4) is 0 Å². The highest BCUT2D eigenvalue weighted by Gasteiger charge is 2.43. The lowest BCUT2D eigenvalue weighted by molar-refractivity contribution is -0.186. The van der Waals surface area contributed by atoms with Crippen LogP contribution in [-0.4, -0.2) is 28.5 Å². The van der Waals surface area contributed by atoms with Crippen molar-refractivity contribution >= 4 is 33.1 Å². The molecule has 3 aromatic rings. The zero-order valence-corrected chi connectivity index (χ0v) is 14.3. The second-order valence-corrected chi connectivity index (χ2v) is 7.20. The van der Waals surface area contributed by atoms with Crippen molar-refractivity contribution in [3.63, 3.8) is 0 Å². The molecule has 0 fully saturated rings. The molecule has 0 saturated heterocycles. The lowest BCUT2D eigenvalue weighted by atomic mass is 9.93. The van der Waals surface area contributed by atoms with Crippen LogP contribution in [0, 0.1) is 0 Å². The number of halogens is 3. The summed E-state index contributed by atoms with van der Waals surface area (Å²) < 4.78 is 39.2. The number of fused-ring (bicyclic) bond motifs is 2. The van der Waals surface area contributed by atoms with Crippen molar-refractivity contribution in [2.45, 2.75) is 19.1 Å². The number of thiazole rings is 1. The molecule has 0 bridgehead atoms. The number of nitrogens with two attached hydrogens (primary N) is 1. The fourth-order valence-electron chi connectivity index (χ4n) is 3.26. The molecule has 0 radical (unpaired) electrons. The number of nitrogen functional groups attached to an aromatic ring is 1. The first-order chi connectivity index (χ1) is 12.3. The van der Waals surface area contributed by atoms with E-state index >= 15 is 0 Å². The smallest absolute Gasteiger partial charge is 0.399 e. The van der Waals surface area contributed by atoms with Gasteiger partial charge >= 0.3 is 12.1 Å². The van der Waals surface area contributed by atoms with Crippen LogP contribution in [0.4, 0.5) is 18.9 Å². The third-order valence-corrected chi connectivity index (χ3v) is 5.48. The summed E-state index contributed by atoms with van der Waals surface area (Å²) in [7, 11) is 0. The van der Waals surface area contributed by atoms with Gasteiger partial charge in [-0.05, 0) is 41.8 Å². The molecule has 0 aliphatic carbocycles. The van der Waals surface area contributed by atoms with Gasteiger partial charge in [-0.15, -0.1) is 11.3 Å². The number of para-hydroxylation sites is 1. The van der Waals surface area contributed by atoms with Gasteiger partial charge in [-0.3, -0.25) is 4.79 Å². The van der Waals surface area contributed by atoms with Crippen LogP contribution in [0.15, 0.2) is 36.4 Å². The number of hydrogen-bond donors (Lipinski definition) is 1. The maximum Gasteiger partial charge on any atom is 0.471 e. The fraction of sp³-hybridized carbons (Fsp3) is 0.222. The summed E-state index contributed by atoms with van der Waals surface area (Å²) in [5.41, 5.74) is 9.67. The maximum absolute atomic E-state index is 12.7. The van der Waals surface area contributed by atoms with E-state index in [-0.39, 0.29) is 13.1 Å². The summed E-state index contributed by atoms with van der Waals surface area (Å²) in [6.07, 6.45) is -4.53. The van der Waals surface area contributed by atoms with Gasteiger partial charge in [-0.25, -0.2) is 4.98 Å². The Morgan fingerprint density at radius 2 is 2.00 bits per heavy atom. The Balaban J connectivity index is 1.76. The van der Waals surface area contributed by atoms with E-state index in [0.29, 0.717) is 17.7 Å². The lowest BCUT2D eigenvalue weighted by Crippen LogP contribution is -2.43. The third-order valence-electron chi connectivity index (χ3n) is 4.41. The normalized spacial score (nSPS) is 14.5. The molecule has 2 N–H and O–H groups in total. The standard InChI is InChI=1S/C18H14F3N3OS/c19-18(20,21)17(25)24-6-5-12-10(9-24)7-11(22)8-13(12)16-23-14-3-1-2-4-15(14)26-16/h1-4,7-8H,5-6,9,22H2. The van der Waals surface area contributed by atoms with Crippen molar-refractivity contribution in [1.82, 2.24) is 9.88 Å². The molecular formula is C18H14F3N3OS. The molecule has 1 aromatic heterocycles. The number of benzene rings is 2. The third kappa shape index (κ3) is 2.90. The van der Waals surface area contributed by atoms with Crippen LogP contribution in [-0.2, 0) is 17.8 Å². The molecule has 1 amide bonds. The maximum atomic E-state index is 12.7. The SMILES string of the molecule is Nc1cc2c(c(-c3nc4ccccc4s3)c1)CCN(C(=O)C(F)(F)F)C2. The second-order valence-electron chi connectivity index (χ2n) is 6.17. The number of amides is 1. The van der Waals surface area contributed by atoms with Gasteiger partial charge in [0.15, 0.2) is 0 Å². The van der Waals surface area contributed by atoms with Gasteiger partial charge in [0.2, 0.25) is 0 Å². The van der Waals surface area contributed by atoms with Gasteiger partial charge in [-0.1, -0.05) is 12.1 Å². The van der Waals surface area contributed by atoms with E-state index in [4.69, 9.17) is 5.73 Å². The minimum Gasteiger partial charge on any atom is -0.399 e. The van der Waals surface area contributed by atoms with Gasteiger partial charge < -0.3 is 10.6 Å². The van der Waals surface area contributed by atoms with E-state index in [9.17, 15) is 18.0 Å². The molecule has 1 aliphatic rings. The molecule has 4 rings (SSSR count). The van der Waals surface area contributed by atoms with Crippen molar-refractivity contribution in [2.24, 2.45) is 0 Å². The van der Waals surface area contributed by atoms with Crippen LogP contribution in [0.1, 0.15) is 11.1 Å². The first-order valence-corrected chi connectivity index (χ1v) is 8.78. The largest absolute Gasteiger partial charge is 0.471 e. The van der Waals surface area contributed by atoms with Crippen molar-refractivity contribution in [1.29, 1.82) is 0 Å². The van der Waals surface area contributed by atoms with E-state index in [1.54, 1.807) is 12.1 Å². The molecular weight excluding hydrogens is 363 g/mol. The molecule has 0 spiro atoms. The van der Waals surface area contributed by atoms with Gasteiger partial charge in [0.1, 0.15) is 5.01 Å². The number of alkyl halides is 3. The molecule has 26 heavy (non-hydrogen) atoms. The quantitative estimate of drug-likeness (QED) is 0.653. The van der Waals surface area contributed by atoms with Crippen molar-refractivity contribution < 1.29 is 18.0 Å². The molecule has 4 nitrogen and oxygen atoms in total. The highest BCUT2D eigenvalue weighted by molar-refractivity contribution is 7.21. The minimum atomic E-state index is -4.87. The van der Waals surface area contributed by atoms with Crippen LogP contribution in [0.2, 0.25) is 0 Å². The Morgan fingerprint density at radius 3 is 2.73 bits per heavy atom. The van der Waals surface area contributed by atoms with Crippen molar-refractivity contribution in [2.75, 3.05) is 12.3 Å². The van der Waals surface area contributed by atoms with Crippen LogP contribution in [0.5, 0.6) is 0 Å². The minimum absolute atomic E-state index is 0.0210. The summed E-state index contributed by atoms with van der Waals surface area (Å²) in [6.45, 7) is -0.0796.